The van der Waals surface area contributed by atoms with Crippen LogP contribution in [0.25, 0.3) is 5.69 Å². The van der Waals surface area contributed by atoms with Crippen LogP contribution in [0.1, 0.15) is 30.0 Å². The first-order valence-corrected chi connectivity index (χ1v) is 8.16. The van der Waals surface area contributed by atoms with Crippen LogP contribution in [0.3, 0.4) is 0 Å². The molecule has 2 aromatic carbocycles. The third kappa shape index (κ3) is 3.66. The molecule has 1 unspecified atom stereocenters. The fourth-order valence-electron chi connectivity index (χ4n) is 2.71. The van der Waals surface area contributed by atoms with Crippen molar-refractivity contribution in [2.75, 3.05) is 6.61 Å². The summed E-state index contributed by atoms with van der Waals surface area (Å²) in [7, 11) is 0. The molecular weight excluding hydrogens is 300 g/mol. The molecule has 4 heteroatoms. The lowest BCUT2D eigenvalue weighted by atomic mass is 10.1. The summed E-state index contributed by atoms with van der Waals surface area (Å²) in [6.45, 7) is 4.17. The maximum absolute atomic E-state index is 8.98. The number of aryl methyl sites for hydroxylation is 1. The average Bonchev–Trinajstić information content (AvgIpc) is 3.00. The first-order chi connectivity index (χ1) is 11.7. The van der Waals surface area contributed by atoms with Crippen molar-refractivity contribution in [2.24, 2.45) is 0 Å². The van der Waals surface area contributed by atoms with Gasteiger partial charge in [0.15, 0.2) is 0 Å². The molecule has 0 aliphatic heterocycles. The van der Waals surface area contributed by atoms with Crippen LogP contribution in [0.15, 0.2) is 60.7 Å². The molecule has 0 aliphatic rings. The summed E-state index contributed by atoms with van der Waals surface area (Å²) in [6.07, 6.45) is 0.533. The summed E-state index contributed by atoms with van der Waals surface area (Å²) >= 11 is 0. The fourth-order valence-corrected chi connectivity index (χ4v) is 2.71. The van der Waals surface area contributed by atoms with Crippen LogP contribution >= 0.6 is 0 Å². The van der Waals surface area contributed by atoms with E-state index in [0.29, 0.717) is 6.42 Å². The predicted molar refractivity (Wildman–Crippen MR) is 94.6 cm³/mol. The van der Waals surface area contributed by atoms with Crippen molar-refractivity contribution < 1.29 is 9.84 Å². The molecule has 3 rings (SSSR count). The van der Waals surface area contributed by atoms with Gasteiger partial charge in [0.1, 0.15) is 11.9 Å². The van der Waals surface area contributed by atoms with Crippen LogP contribution in [-0.2, 0) is 6.42 Å². The molecule has 24 heavy (non-hydrogen) atoms. The third-order valence-electron chi connectivity index (χ3n) is 3.91. The van der Waals surface area contributed by atoms with Gasteiger partial charge >= 0.3 is 0 Å². The number of rotatable bonds is 6. The minimum atomic E-state index is -0.130. The quantitative estimate of drug-likeness (QED) is 0.750. The Balaban J connectivity index is 1.81. The molecule has 0 spiro atoms. The highest BCUT2D eigenvalue weighted by Crippen LogP contribution is 2.25. The topological polar surface area (TPSA) is 47.3 Å². The smallest absolute Gasteiger partial charge is 0.138 e. The van der Waals surface area contributed by atoms with Crippen molar-refractivity contribution in [3.8, 4) is 11.4 Å². The van der Waals surface area contributed by atoms with Crippen LogP contribution in [0.2, 0.25) is 0 Å². The Hall–Kier alpha value is -2.59. The van der Waals surface area contributed by atoms with Gasteiger partial charge in [-0.15, -0.1) is 0 Å². The third-order valence-corrected chi connectivity index (χ3v) is 3.91. The summed E-state index contributed by atoms with van der Waals surface area (Å²) in [6, 6.07) is 20.0. The molecule has 0 saturated heterocycles. The number of aliphatic hydroxyl groups excluding tert-OH is 1. The molecule has 0 bridgehead atoms. The second kappa shape index (κ2) is 7.32. The van der Waals surface area contributed by atoms with Gasteiger partial charge in [0.2, 0.25) is 0 Å². The zero-order valence-electron chi connectivity index (χ0n) is 14.0. The molecule has 0 radical (unpaired) electrons. The van der Waals surface area contributed by atoms with E-state index in [-0.39, 0.29) is 12.7 Å². The molecule has 0 fully saturated rings. The van der Waals surface area contributed by atoms with E-state index in [1.54, 1.807) is 0 Å². The van der Waals surface area contributed by atoms with Gasteiger partial charge in [-0.05, 0) is 56.2 Å². The summed E-state index contributed by atoms with van der Waals surface area (Å²) < 4.78 is 8.02. The molecule has 1 heterocycles. The van der Waals surface area contributed by atoms with Gasteiger partial charge in [-0.3, -0.25) is 0 Å². The number of hydrogen-bond acceptors (Lipinski definition) is 3. The van der Waals surface area contributed by atoms with Crippen molar-refractivity contribution in [2.45, 2.75) is 26.4 Å². The van der Waals surface area contributed by atoms with E-state index in [9.17, 15) is 0 Å². The Kier molecular flexibility index (Phi) is 4.96. The number of hydrogen-bond donors (Lipinski definition) is 1. The van der Waals surface area contributed by atoms with Crippen molar-refractivity contribution in [1.82, 2.24) is 9.78 Å². The van der Waals surface area contributed by atoms with Crippen LogP contribution < -0.4 is 4.74 Å². The number of para-hydroxylation sites is 1. The Bertz CT molecular complexity index is 779. The molecular formula is C20H22N2O2. The van der Waals surface area contributed by atoms with E-state index in [4.69, 9.17) is 9.84 Å². The van der Waals surface area contributed by atoms with Crippen molar-refractivity contribution in [1.29, 1.82) is 0 Å². The normalized spacial score (nSPS) is 12.1. The molecule has 124 valence electrons. The number of ether oxygens (including phenoxy) is 1. The highest BCUT2D eigenvalue weighted by molar-refractivity contribution is 5.34. The van der Waals surface area contributed by atoms with Gasteiger partial charge in [0.05, 0.1) is 17.1 Å². The molecule has 1 aromatic heterocycles. The minimum Gasteiger partial charge on any atom is -0.484 e. The largest absolute Gasteiger partial charge is 0.484 e. The van der Waals surface area contributed by atoms with E-state index in [0.717, 1.165) is 28.4 Å². The van der Waals surface area contributed by atoms with Crippen LogP contribution in [0.5, 0.6) is 5.75 Å². The van der Waals surface area contributed by atoms with Gasteiger partial charge in [-0.25, -0.2) is 4.68 Å². The zero-order chi connectivity index (χ0) is 16.9. The zero-order valence-corrected chi connectivity index (χ0v) is 14.0. The first-order valence-electron chi connectivity index (χ1n) is 8.16. The Morgan fingerprint density at radius 2 is 1.79 bits per heavy atom. The maximum atomic E-state index is 8.98. The van der Waals surface area contributed by atoms with Gasteiger partial charge in [0.25, 0.3) is 0 Å². The van der Waals surface area contributed by atoms with Crippen molar-refractivity contribution in [3.63, 3.8) is 0 Å². The minimum absolute atomic E-state index is 0.130. The molecule has 0 saturated carbocycles. The van der Waals surface area contributed by atoms with Crippen LogP contribution in [-0.4, -0.2) is 21.5 Å². The highest BCUT2D eigenvalue weighted by atomic mass is 16.5. The molecule has 4 nitrogen and oxygen atoms in total. The monoisotopic (exact) mass is 322 g/mol. The molecule has 3 aromatic rings. The Morgan fingerprint density at radius 1 is 1.08 bits per heavy atom. The van der Waals surface area contributed by atoms with E-state index in [1.807, 2.05) is 73.1 Å². The predicted octanol–water partition coefficient (Wildman–Crippen LogP) is 3.86. The van der Waals surface area contributed by atoms with Crippen LogP contribution in [0.4, 0.5) is 0 Å². The van der Waals surface area contributed by atoms with Gasteiger partial charge in [-0.2, -0.15) is 5.10 Å². The lowest BCUT2D eigenvalue weighted by molar-refractivity contribution is 0.218. The maximum Gasteiger partial charge on any atom is 0.138 e. The standard InChI is InChI=1S/C20H22N2O2/c1-15-14-20(22(21-15)18-6-4-3-5-7-18)16(2)24-19-10-8-17(9-11-19)12-13-23/h3-11,14,16,23H,12-13H2,1-2H3. The molecule has 1 N–H and O–H groups in total. The second-order valence-corrected chi connectivity index (χ2v) is 5.84. The molecule has 1 atom stereocenters. The fraction of sp³-hybridized carbons (Fsp3) is 0.250. The first kappa shape index (κ1) is 16.3. The van der Waals surface area contributed by atoms with E-state index < -0.39 is 0 Å². The molecule has 0 amide bonds. The van der Waals surface area contributed by atoms with Crippen molar-refractivity contribution in [3.05, 3.63) is 77.6 Å². The number of benzene rings is 2. The highest BCUT2D eigenvalue weighted by Gasteiger charge is 2.16. The Morgan fingerprint density at radius 3 is 2.46 bits per heavy atom. The summed E-state index contributed by atoms with van der Waals surface area (Å²) in [5.41, 5.74) is 4.10. The number of nitrogens with zero attached hydrogens (tertiary/aromatic N) is 2. The van der Waals surface area contributed by atoms with Crippen LogP contribution in [0, 0.1) is 6.92 Å². The summed E-state index contributed by atoms with van der Waals surface area (Å²) in [5.74, 6) is 0.808. The number of aromatic nitrogens is 2. The van der Waals surface area contributed by atoms with E-state index >= 15 is 0 Å². The second-order valence-electron chi connectivity index (χ2n) is 5.84. The summed E-state index contributed by atoms with van der Waals surface area (Å²) in [4.78, 5) is 0. The van der Waals surface area contributed by atoms with Gasteiger partial charge in [0, 0.05) is 6.61 Å². The van der Waals surface area contributed by atoms with Crippen molar-refractivity contribution >= 4 is 0 Å². The lowest BCUT2D eigenvalue weighted by Gasteiger charge is -2.17. The average molecular weight is 322 g/mol. The molecule has 0 aliphatic carbocycles. The van der Waals surface area contributed by atoms with E-state index in [2.05, 4.69) is 11.2 Å². The summed E-state index contributed by atoms with van der Waals surface area (Å²) in [5, 5.41) is 13.6. The van der Waals surface area contributed by atoms with Gasteiger partial charge < -0.3 is 9.84 Å². The SMILES string of the molecule is Cc1cc(C(C)Oc2ccc(CCO)cc2)n(-c2ccccc2)n1. The van der Waals surface area contributed by atoms with E-state index in [1.165, 1.54) is 0 Å². The number of aliphatic hydroxyl groups is 1. The Labute approximate surface area is 142 Å². The lowest BCUT2D eigenvalue weighted by Crippen LogP contribution is -2.10. The van der Waals surface area contributed by atoms with Gasteiger partial charge in [-0.1, -0.05) is 30.3 Å².